The van der Waals surface area contributed by atoms with E-state index in [-0.39, 0.29) is 19.4 Å². The quantitative estimate of drug-likeness (QED) is 0.0276. The van der Waals surface area contributed by atoms with Crippen LogP contribution in [0.1, 0.15) is 213 Å². The van der Waals surface area contributed by atoms with E-state index in [1.54, 1.807) is 0 Å². The molecule has 0 saturated heterocycles. The minimum atomic E-state index is -4.75. The van der Waals surface area contributed by atoms with E-state index in [1.807, 2.05) is 0 Å². The highest BCUT2D eigenvalue weighted by atomic mass is 31.2. The molecule has 9 heteroatoms. The zero-order chi connectivity index (χ0) is 37.5. The predicted octanol–water partition coefficient (Wildman–Crippen LogP) is 12.8. The molecule has 0 aromatic heterocycles. The fourth-order valence-corrected chi connectivity index (χ4v) is 6.41. The van der Waals surface area contributed by atoms with Gasteiger partial charge in [0, 0.05) is 12.8 Å². The SMILES string of the molecule is CCCCC/C=C\C/C=C\CCCCCCCC(=O)OC[C@H](COP(=O)(O)O)OC(=O)CCCCCCCCCCCCCCCCCCCC. The van der Waals surface area contributed by atoms with Gasteiger partial charge in [-0.3, -0.25) is 14.1 Å². The largest absolute Gasteiger partial charge is 0.469 e. The summed E-state index contributed by atoms with van der Waals surface area (Å²) in [7, 11) is -4.75. The van der Waals surface area contributed by atoms with Crippen molar-refractivity contribution in [3.8, 4) is 0 Å². The molecule has 0 heterocycles. The van der Waals surface area contributed by atoms with Crippen molar-refractivity contribution in [3.63, 3.8) is 0 Å². The summed E-state index contributed by atoms with van der Waals surface area (Å²) in [5.74, 6) is -0.892. The second kappa shape index (κ2) is 38.3. The molecule has 0 unspecified atom stereocenters. The molecule has 0 aromatic carbocycles. The molecule has 0 amide bonds. The van der Waals surface area contributed by atoms with Crippen LogP contribution in [-0.2, 0) is 28.2 Å². The van der Waals surface area contributed by atoms with Crippen LogP contribution in [0.15, 0.2) is 24.3 Å². The summed E-state index contributed by atoms with van der Waals surface area (Å²) < 4.78 is 26.4. The first-order chi connectivity index (χ1) is 24.8. The molecule has 0 saturated carbocycles. The Morgan fingerprint density at radius 2 is 0.882 bits per heavy atom. The number of phosphoric ester groups is 1. The van der Waals surface area contributed by atoms with Crippen molar-refractivity contribution in [1.82, 2.24) is 0 Å². The van der Waals surface area contributed by atoms with Gasteiger partial charge < -0.3 is 19.3 Å². The molecule has 2 N–H and O–H groups in total. The number of hydrogen-bond donors (Lipinski definition) is 2. The number of unbranched alkanes of at least 4 members (excludes halogenated alkanes) is 25. The molecule has 300 valence electrons. The van der Waals surface area contributed by atoms with Crippen molar-refractivity contribution >= 4 is 19.8 Å². The standard InChI is InChI=1S/C42H79O8P/c1-3-5-7-9-11-13-15-17-19-20-21-23-25-27-29-31-33-35-37-42(44)50-40(39-49-51(45,46)47)38-48-41(43)36-34-32-30-28-26-24-22-18-16-14-12-10-8-6-4-2/h12,14,18,22,40H,3-11,13,15-17,19-21,23-39H2,1-2H3,(H2,45,46,47)/b14-12-,22-18-/t40-/m1/s1. The van der Waals surface area contributed by atoms with Gasteiger partial charge in [0.1, 0.15) is 6.61 Å². The third-order valence-electron chi connectivity index (χ3n) is 9.22. The summed E-state index contributed by atoms with van der Waals surface area (Å²) in [4.78, 5) is 42.8. The van der Waals surface area contributed by atoms with E-state index in [2.05, 4.69) is 42.7 Å². The van der Waals surface area contributed by atoms with E-state index < -0.39 is 32.5 Å². The summed E-state index contributed by atoms with van der Waals surface area (Å²) in [6.07, 6.45) is 43.2. The first-order valence-electron chi connectivity index (χ1n) is 21.1. The summed E-state index contributed by atoms with van der Waals surface area (Å²) >= 11 is 0. The lowest BCUT2D eigenvalue weighted by Crippen LogP contribution is -2.29. The lowest BCUT2D eigenvalue weighted by Gasteiger charge is -2.18. The number of esters is 2. The highest BCUT2D eigenvalue weighted by Crippen LogP contribution is 2.36. The highest BCUT2D eigenvalue weighted by molar-refractivity contribution is 7.46. The Bertz CT molecular complexity index is 884. The monoisotopic (exact) mass is 743 g/mol. The maximum Gasteiger partial charge on any atom is 0.469 e. The van der Waals surface area contributed by atoms with Crippen LogP contribution < -0.4 is 0 Å². The fraction of sp³-hybridized carbons (Fsp3) is 0.857. The topological polar surface area (TPSA) is 119 Å². The number of hydrogen-bond acceptors (Lipinski definition) is 6. The Morgan fingerprint density at radius 1 is 0.510 bits per heavy atom. The normalized spacial score (nSPS) is 12.6. The maximum atomic E-state index is 12.4. The van der Waals surface area contributed by atoms with E-state index in [9.17, 15) is 14.2 Å². The van der Waals surface area contributed by atoms with Gasteiger partial charge in [-0.25, -0.2) is 4.57 Å². The second-order valence-corrected chi connectivity index (χ2v) is 15.6. The van der Waals surface area contributed by atoms with Gasteiger partial charge >= 0.3 is 19.8 Å². The molecule has 8 nitrogen and oxygen atoms in total. The van der Waals surface area contributed by atoms with Crippen LogP contribution in [0.2, 0.25) is 0 Å². The summed E-state index contributed by atoms with van der Waals surface area (Å²) in [6.45, 7) is 3.67. The molecule has 0 rings (SSSR count). The van der Waals surface area contributed by atoms with Gasteiger partial charge in [-0.15, -0.1) is 0 Å². The molecule has 0 aliphatic rings. The van der Waals surface area contributed by atoms with Crippen molar-refractivity contribution in [2.75, 3.05) is 13.2 Å². The highest BCUT2D eigenvalue weighted by Gasteiger charge is 2.22. The molecule has 0 aliphatic carbocycles. The maximum absolute atomic E-state index is 12.4. The molecule has 0 radical (unpaired) electrons. The van der Waals surface area contributed by atoms with Crippen molar-refractivity contribution in [2.45, 2.75) is 219 Å². The van der Waals surface area contributed by atoms with Crippen LogP contribution in [0.4, 0.5) is 0 Å². The lowest BCUT2D eigenvalue weighted by molar-refractivity contribution is -0.161. The Hall–Kier alpha value is -1.47. The zero-order valence-electron chi connectivity index (χ0n) is 33.0. The van der Waals surface area contributed by atoms with Gasteiger partial charge in [0.15, 0.2) is 6.10 Å². The average molecular weight is 743 g/mol. The smallest absolute Gasteiger partial charge is 0.462 e. The van der Waals surface area contributed by atoms with E-state index in [1.165, 1.54) is 116 Å². The lowest BCUT2D eigenvalue weighted by atomic mass is 10.0. The minimum Gasteiger partial charge on any atom is -0.462 e. The number of rotatable bonds is 39. The van der Waals surface area contributed by atoms with Crippen LogP contribution in [0.5, 0.6) is 0 Å². The van der Waals surface area contributed by atoms with E-state index in [4.69, 9.17) is 19.3 Å². The fourth-order valence-electron chi connectivity index (χ4n) is 6.05. The average Bonchev–Trinajstić information content (AvgIpc) is 3.10. The number of allylic oxidation sites excluding steroid dienone is 4. The molecule has 0 aromatic rings. The van der Waals surface area contributed by atoms with Crippen LogP contribution >= 0.6 is 7.82 Å². The van der Waals surface area contributed by atoms with Crippen molar-refractivity contribution < 1.29 is 37.9 Å². The Labute approximate surface area is 313 Å². The molecule has 0 spiro atoms. The number of carbonyl (C=O) groups excluding carboxylic acids is 2. The second-order valence-electron chi connectivity index (χ2n) is 14.3. The van der Waals surface area contributed by atoms with Gasteiger partial charge in [0.05, 0.1) is 6.61 Å². The number of carbonyl (C=O) groups is 2. The molecule has 0 bridgehead atoms. The summed E-state index contributed by atoms with van der Waals surface area (Å²) in [6, 6.07) is 0. The van der Waals surface area contributed by atoms with Gasteiger partial charge in [-0.1, -0.05) is 179 Å². The van der Waals surface area contributed by atoms with E-state index in [0.717, 1.165) is 57.8 Å². The summed E-state index contributed by atoms with van der Waals surface area (Å²) in [5.41, 5.74) is 0. The first kappa shape index (κ1) is 49.5. The molecule has 1 atom stereocenters. The summed E-state index contributed by atoms with van der Waals surface area (Å²) in [5, 5.41) is 0. The first-order valence-corrected chi connectivity index (χ1v) is 22.7. The number of ether oxygens (including phenoxy) is 2. The van der Waals surface area contributed by atoms with Crippen molar-refractivity contribution in [1.29, 1.82) is 0 Å². The molecule has 51 heavy (non-hydrogen) atoms. The zero-order valence-corrected chi connectivity index (χ0v) is 33.9. The Morgan fingerprint density at radius 3 is 1.33 bits per heavy atom. The van der Waals surface area contributed by atoms with Gasteiger partial charge in [0.25, 0.3) is 0 Å². The van der Waals surface area contributed by atoms with Crippen molar-refractivity contribution in [3.05, 3.63) is 24.3 Å². The Balaban J connectivity index is 3.90. The van der Waals surface area contributed by atoms with Crippen LogP contribution in [0.3, 0.4) is 0 Å². The predicted molar refractivity (Wildman–Crippen MR) is 212 cm³/mol. The molecule has 0 aliphatic heterocycles. The van der Waals surface area contributed by atoms with E-state index in [0.29, 0.717) is 12.8 Å². The minimum absolute atomic E-state index is 0.213. The third-order valence-corrected chi connectivity index (χ3v) is 9.71. The van der Waals surface area contributed by atoms with Crippen LogP contribution in [0.25, 0.3) is 0 Å². The van der Waals surface area contributed by atoms with Gasteiger partial charge in [-0.05, 0) is 44.9 Å². The number of phosphoric acid groups is 1. The molecule has 0 fully saturated rings. The third kappa shape index (κ3) is 41.2. The van der Waals surface area contributed by atoms with E-state index >= 15 is 0 Å². The van der Waals surface area contributed by atoms with Crippen LogP contribution in [0, 0.1) is 0 Å². The van der Waals surface area contributed by atoms with Gasteiger partial charge in [0.2, 0.25) is 0 Å². The Kier molecular flexibility index (Phi) is 37.2. The van der Waals surface area contributed by atoms with Crippen LogP contribution in [-0.4, -0.2) is 41.0 Å². The molecular formula is C42H79O8P. The van der Waals surface area contributed by atoms with Gasteiger partial charge in [-0.2, -0.15) is 0 Å². The molecular weight excluding hydrogens is 663 g/mol. The van der Waals surface area contributed by atoms with Crippen molar-refractivity contribution in [2.24, 2.45) is 0 Å².